The molecule has 100 valence electrons. The predicted octanol–water partition coefficient (Wildman–Crippen LogP) is 2.43. The van der Waals surface area contributed by atoms with E-state index >= 15 is 0 Å². The minimum atomic E-state index is -0.113. The number of hydrogen-bond acceptors (Lipinski definition) is 4. The van der Waals surface area contributed by atoms with Gasteiger partial charge >= 0.3 is 0 Å². The maximum Gasteiger partial charge on any atom is 0.270 e. The molecule has 19 heavy (non-hydrogen) atoms. The molecule has 0 saturated heterocycles. The van der Waals surface area contributed by atoms with Crippen molar-refractivity contribution in [2.45, 2.75) is 13.3 Å². The van der Waals surface area contributed by atoms with Crippen molar-refractivity contribution >= 4 is 17.2 Å². The van der Waals surface area contributed by atoms with Gasteiger partial charge in [0.15, 0.2) is 0 Å². The molecule has 1 aromatic heterocycles. The summed E-state index contributed by atoms with van der Waals surface area (Å²) in [7, 11) is 1.64. The molecular weight excluding hydrogens is 260 g/mol. The average Bonchev–Trinajstić information content (AvgIpc) is 2.86. The number of hydrogen-bond donors (Lipinski definition) is 1. The molecule has 0 aliphatic heterocycles. The van der Waals surface area contributed by atoms with Crippen LogP contribution in [-0.4, -0.2) is 24.5 Å². The number of carbonyl (C=O) groups is 1. The first-order chi connectivity index (χ1) is 9.19. The van der Waals surface area contributed by atoms with Crippen molar-refractivity contribution in [2.75, 3.05) is 13.7 Å². The van der Waals surface area contributed by atoms with Crippen molar-refractivity contribution in [3.63, 3.8) is 0 Å². The van der Waals surface area contributed by atoms with E-state index in [0.29, 0.717) is 12.2 Å². The first-order valence-corrected chi connectivity index (χ1v) is 6.90. The maximum absolute atomic E-state index is 11.8. The van der Waals surface area contributed by atoms with E-state index in [9.17, 15) is 4.79 Å². The minimum Gasteiger partial charge on any atom is -0.497 e. The molecule has 0 saturated carbocycles. The Morgan fingerprint density at radius 2 is 2.11 bits per heavy atom. The van der Waals surface area contributed by atoms with Crippen LogP contribution >= 0.6 is 11.3 Å². The van der Waals surface area contributed by atoms with Gasteiger partial charge in [0.1, 0.15) is 11.4 Å². The summed E-state index contributed by atoms with van der Waals surface area (Å²) < 4.78 is 5.10. The summed E-state index contributed by atoms with van der Waals surface area (Å²) >= 11 is 1.48. The van der Waals surface area contributed by atoms with Crippen LogP contribution in [0.25, 0.3) is 0 Å². The SMILES string of the molecule is COc1ccc(CCNC(=O)c2csc(C)n2)cc1. The third kappa shape index (κ3) is 3.79. The van der Waals surface area contributed by atoms with Crippen LogP contribution in [0.5, 0.6) is 5.75 Å². The lowest BCUT2D eigenvalue weighted by molar-refractivity contribution is 0.0949. The molecular formula is C14H16N2O2S. The predicted molar refractivity (Wildman–Crippen MR) is 75.9 cm³/mol. The highest BCUT2D eigenvalue weighted by molar-refractivity contribution is 7.09. The van der Waals surface area contributed by atoms with E-state index < -0.39 is 0 Å². The van der Waals surface area contributed by atoms with Gasteiger partial charge in [-0.2, -0.15) is 0 Å². The van der Waals surface area contributed by atoms with Crippen molar-refractivity contribution < 1.29 is 9.53 Å². The molecule has 4 nitrogen and oxygen atoms in total. The van der Waals surface area contributed by atoms with E-state index in [4.69, 9.17) is 4.74 Å². The molecule has 0 unspecified atom stereocenters. The topological polar surface area (TPSA) is 51.2 Å². The zero-order valence-corrected chi connectivity index (χ0v) is 11.8. The molecule has 2 rings (SSSR count). The minimum absolute atomic E-state index is 0.113. The number of benzene rings is 1. The zero-order chi connectivity index (χ0) is 13.7. The van der Waals surface area contributed by atoms with Crippen LogP contribution in [0, 0.1) is 6.92 Å². The number of aromatic nitrogens is 1. The summed E-state index contributed by atoms with van der Waals surface area (Å²) in [5, 5.41) is 5.54. The van der Waals surface area contributed by atoms with Crippen molar-refractivity contribution in [1.82, 2.24) is 10.3 Å². The Hall–Kier alpha value is -1.88. The molecule has 1 aromatic carbocycles. The van der Waals surface area contributed by atoms with Crippen LogP contribution in [0.1, 0.15) is 21.1 Å². The average molecular weight is 276 g/mol. The Kier molecular flexibility index (Phi) is 4.52. The lowest BCUT2D eigenvalue weighted by Crippen LogP contribution is -2.25. The summed E-state index contributed by atoms with van der Waals surface area (Å²) in [6, 6.07) is 7.83. The lowest BCUT2D eigenvalue weighted by Gasteiger charge is -2.05. The number of carbonyl (C=O) groups excluding carboxylic acids is 1. The highest BCUT2D eigenvalue weighted by Crippen LogP contribution is 2.11. The second-order valence-electron chi connectivity index (χ2n) is 4.11. The Labute approximate surface area is 116 Å². The van der Waals surface area contributed by atoms with E-state index in [1.807, 2.05) is 31.2 Å². The van der Waals surface area contributed by atoms with Crippen molar-refractivity contribution in [3.8, 4) is 5.75 Å². The normalized spacial score (nSPS) is 10.2. The maximum atomic E-state index is 11.8. The fraction of sp³-hybridized carbons (Fsp3) is 0.286. The largest absolute Gasteiger partial charge is 0.497 e. The number of amides is 1. The van der Waals surface area contributed by atoms with E-state index in [-0.39, 0.29) is 5.91 Å². The first-order valence-electron chi connectivity index (χ1n) is 6.02. The molecule has 0 aliphatic rings. The van der Waals surface area contributed by atoms with Crippen molar-refractivity contribution in [3.05, 3.63) is 45.9 Å². The molecule has 0 aliphatic carbocycles. The number of thiazole rings is 1. The number of nitrogens with zero attached hydrogens (tertiary/aromatic N) is 1. The van der Waals surface area contributed by atoms with Gasteiger partial charge in [-0.15, -0.1) is 11.3 Å². The van der Waals surface area contributed by atoms with Gasteiger partial charge in [-0.1, -0.05) is 12.1 Å². The molecule has 0 bridgehead atoms. The summed E-state index contributed by atoms with van der Waals surface area (Å²) in [5.41, 5.74) is 1.66. The van der Waals surface area contributed by atoms with Gasteiger partial charge in [0.05, 0.1) is 12.1 Å². The van der Waals surface area contributed by atoms with Gasteiger partial charge in [0.2, 0.25) is 0 Å². The van der Waals surface area contributed by atoms with Gasteiger partial charge in [-0.25, -0.2) is 4.98 Å². The van der Waals surface area contributed by atoms with Crippen LogP contribution in [0.4, 0.5) is 0 Å². The Bertz CT molecular complexity index is 549. The van der Waals surface area contributed by atoms with Gasteiger partial charge in [-0.05, 0) is 31.0 Å². The van der Waals surface area contributed by atoms with Crippen LogP contribution in [-0.2, 0) is 6.42 Å². The van der Waals surface area contributed by atoms with Crippen molar-refractivity contribution in [2.24, 2.45) is 0 Å². The van der Waals surface area contributed by atoms with Gasteiger partial charge in [0.25, 0.3) is 5.91 Å². The molecule has 1 N–H and O–H groups in total. The fourth-order valence-corrected chi connectivity index (χ4v) is 2.26. The molecule has 5 heteroatoms. The van der Waals surface area contributed by atoms with Crippen molar-refractivity contribution in [1.29, 1.82) is 0 Å². The number of ether oxygens (including phenoxy) is 1. The van der Waals surface area contributed by atoms with E-state index in [2.05, 4.69) is 10.3 Å². The van der Waals surface area contributed by atoms with Crippen LogP contribution < -0.4 is 10.1 Å². The van der Waals surface area contributed by atoms with E-state index in [1.54, 1.807) is 12.5 Å². The Morgan fingerprint density at radius 1 is 1.37 bits per heavy atom. The first kappa shape index (κ1) is 13.5. The Morgan fingerprint density at radius 3 is 2.68 bits per heavy atom. The summed E-state index contributed by atoms with van der Waals surface area (Å²) in [5.74, 6) is 0.726. The summed E-state index contributed by atoms with van der Waals surface area (Å²) in [6.07, 6.45) is 0.791. The standard InChI is InChI=1S/C14H16N2O2S/c1-10-16-13(9-19-10)14(17)15-8-7-11-3-5-12(18-2)6-4-11/h3-6,9H,7-8H2,1-2H3,(H,15,17). The molecule has 2 aromatic rings. The number of rotatable bonds is 5. The molecule has 1 amide bonds. The second-order valence-corrected chi connectivity index (χ2v) is 5.17. The molecule has 1 heterocycles. The second kappa shape index (κ2) is 6.33. The lowest BCUT2D eigenvalue weighted by atomic mass is 10.1. The molecule has 0 spiro atoms. The number of nitrogens with one attached hydrogen (secondary N) is 1. The molecule has 0 radical (unpaired) electrons. The smallest absolute Gasteiger partial charge is 0.270 e. The third-order valence-corrected chi connectivity index (χ3v) is 3.48. The molecule has 0 atom stereocenters. The number of aryl methyl sites for hydroxylation is 1. The van der Waals surface area contributed by atoms with Crippen LogP contribution in [0.3, 0.4) is 0 Å². The van der Waals surface area contributed by atoms with Crippen LogP contribution in [0.15, 0.2) is 29.6 Å². The number of methoxy groups -OCH3 is 1. The van der Waals surface area contributed by atoms with Gasteiger partial charge < -0.3 is 10.1 Å². The van der Waals surface area contributed by atoms with E-state index in [1.165, 1.54) is 11.3 Å². The molecule has 0 fully saturated rings. The quantitative estimate of drug-likeness (QED) is 0.912. The highest BCUT2D eigenvalue weighted by atomic mass is 32.1. The van der Waals surface area contributed by atoms with Crippen LogP contribution in [0.2, 0.25) is 0 Å². The summed E-state index contributed by atoms with van der Waals surface area (Å²) in [6.45, 7) is 2.49. The van der Waals surface area contributed by atoms with Gasteiger partial charge in [-0.3, -0.25) is 4.79 Å². The Balaban J connectivity index is 1.81. The summed E-state index contributed by atoms with van der Waals surface area (Å²) in [4.78, 5) is 15.9. The van der Waals surface area contributed by atoms with E-state index in [0.717, 1.165) is 22.7 Å². The zero-order valence-electron chi connectivity index (χ0n) is 11.0. The van der Waals surface area contributed by atoms with Gasteiger partial charge in [0, 0.05) is 11.9 Å². The fourth-order valence-electron chi connectivity index (χ4n) is 1.67. The monoisotopic (exact) mass is 276 g/mol. The highest BCUT2D eigenvalue weighted by Gasteiger charge is 2.08. The third-order valence-electron chi connectivity index (χ3n) is 2.71.